The maximum absolute atomic E-state index is 13.4. The summed E-state index contributed by atoms with van der Waals surface area (Å²) in [6.45, 7) is 1.83. The van der Waals surface area contributed by atoms with E-state index in [1.807, 2.05) is 4.90 Å². The maximum Gasteiger partial charge on any atom is 0.161 e. The van der Waals surface area contributed by atoms with Crippen molar-refractivity contribution in [2.24, 2.45) is 5.73 Å². The van der Waals surface area contributed by atoms with E-state index < -0.39 is 17.5 Å². The highest BCUT2D eigenvalue weighted by atomic mass is 35.5. The molecule has 0 amide bonds. The number of halogens is 4. The molecule has 1 aromatic carbocycles. The van der Waals surface area contributed by atoms with Gasteiger partial charge in [-0.1, -0.05) is 0 Å². The molecule has 102 valence electrons. The minimum absolute atomic E-state index is 0. The first-order chi connectivity index (χ1) is 8.06. The van der Waals surface area contributed by atoms with Crippen LogP contribution in [0, 0.1) is 17.5 Å². The summed E-state index contributed by atoms with van der Waals surface area (Å²) in [5.41, 5.74) is 5.95. The fourth-order valence-corrected chi connectivity index (χ4v) is 2.04. The van der Waals surface area contributed by atoms with E-state index in [2.05, 4.69) is 0 Å². The fourth-order valence-electron chi connectivity index (χ4n) is 2.04. The van der Waals surface area contributed by atoms with E-state index in [0.29, 0.717) is 12.6 Å². The van der Waals surface area contributed by atoms with Crippen molar-refractivity contribution in [3.05, 3.63) is 35.1 Å². The van der Waals surface area contributed by atoms with Crippen LogP contribution in [0.4, 0.5) is 13.2 Å². The Morgan fingerprint density at radius 2 is 1.61 bits per heavy atom. The van der Waals surface area contributed by atoms with Gasteiger partial charge in [-0.05, 0) is 32.0 Å². The normalized spacial score (nSPS) is 17.6. The smallest absolute Gasteiger partial charge is 0.161 e. The Morgan fingerprint density at radius 3 is 2.22 bits per heavy atom. The largest absolute Gasteiger partial charge is 0.328 e. The van der Waals surface area contributed by atoms with E-state index in [9.17, 15) is 13.2 Å². The molecule has 1 aliphatic heterocycles. The summed E-state index contributed by atoms with van der Waals surface area (Å²) in [6.07, 6.45) is 1.70. The van der Waals surface area contributed by atoms with Crippen LogP contribution in [0.15, 0.2) is 12.1 Å². The molecule has 0 aromatic heterocycles. The van der Waals surface area contributed by atoms with Crippen LogP contribution < -0.4 is 5.73 Å². The van der Waals surface area contributed by atoms with Crippen molar-refractivity contribution >= 4 is 12.4 Å². The van der Waals surface area contributed by atoms with E-state index >= 15 is 0 Å². The number of benzene rings is 1. The average Bonchev–Trinajstić information content (AvgIpc) is 2.29. The van der Waals surface area contributed by atoms with Gasteiger partial charge in [0.15, 0.2) is 11.6 Å². The van der Waals surface area contributed by atoms with Crippen molar-refractivity contribution in [3.63, 3.8) is 0 Å². The van der Waals surface area contributed by atoms with Gasteiger partial charge >= 0.3 is 0 Å². The van der Waals surface area contributed by atoms with Crippen LogP contribution in [0.25, 0.3) is 0 Å². The minimum atomic E-state index is -1.15. The Hall–Kier alpha value is -0.780. The predicted octanol–water partition coefficient (Wildman–Crippen LogP) is 2.45. The lowest BCUT2D eigenvalue weighted by atomic mass is 10.1. The molecule has 0 atom stereocenters. The summed E-state index contributed by atoms with van der Waals surface area (Å²) >= 11 is 0. The molecule has 1 heterocycles. The zero-order chi connectivity index (χ0) is 12.4. The number of hydrogen-bond donors (Lipinski definition) is 1. The Morgan fingerprint density at radius 1 is 1.06 bits per heavy atom. The number of rotatable bonds is 2. The first kappa shape index (κ1) is 15.3. The summed E-state index contributed by atoms with van der Waals surface area (Å²) < 4.78 is 39.1. The topological polar surface area (TPSA) is 29.3 Å². The van der Waals surface area contributed by atoms with E-state index in [1.54, 1.807) is 0 Å². The molecule has 1 fully saturated rings. The third-order valence-electron chi connectivity index (χ3n) is 3.12. The average molecular weight is 281 g/mol. The fraction of sp³-hybridized carbons (Fsp3) is 0.500. The number of piperidine rings is 1. The number of likely N-dealkylation sites (tertiary alicyclic amines) is 1. The molecule has 2 nitrogen and oxygen atoms in total. The third kappa shape index (κ3) is 3.60. The molecular weight excluding hydrogens is 265 g/mol. The highest BCUT2D eigenvalue weighted by molar-refractivity contribution is 5.85. The van der Waals surface area contributed by atoms with Crippen LogP contribution in [-0.2, 0) is 6.54 Å². The lowest BCUT2D eigenvalue weighted by molar-refractivity contribution is 0.203. The molecule has 1 aromatic rings. The standard InChI is InChI=1S/C12H15F3N2.ClH/c13-10-6-12(15)11(14)5-8(10)7-17-3-1-9(16)2-4-17;/h5-6,9H,1-4,7,16H2;1H. The summed E-state index contributed by atoms with van der Waals surface area (Å²) in [5, 5.41) is 0. The van der Waals surface area contributed by atoms with Crippen LogP contribution in [0.3, 0.4) is 0 Å². The van der Waals surface area contributed by atoms with Crippen molar-refractivity contribution in [2.45, 2.75) is 25.4 Å². The van der Waals surface area contributed by atoms with Crippen LogP contribution in [0.1, 0.15) is 18.4 Å². The lowest BCUT2D eigenvalue weighted by Gasteiger charge is -2.30. The lowest BCUT2D eigenvalue weighted by Crippen LogP contribution is -2.39. The monoisotopic (exact) mass is 280 g/mol. The highest BCUT2D eigenvalue weighted by Gasteiger charge is 2.18. The summed E-state index contributed by atoms with van der Waals surface area (Å²) in [4.78, 5) is 2.00. The molecule has 6 heteroatoms. The number of hydrogen-bond acceptors (Lipinski definition) is 2. The van der Waals surface area contributed by atoms with Crippen molar-refractivity contribution in [1.82, 2.24) is 4.90 Å². The zero-order valence-electron chi connectivity index (χ0n) is 9.83. The Labute approximate surface area is 110 Å². The highest BCUT2D eigenvalue weighted by Crippen LogP contribution is 2.18. The zero-order valence-corrected chi connectivity index (χ0v) is 10.7. The molecule has 2 rings (SSSR count). The Balaban J connectivity index is 0.00000162. The van der Waals surface area contributed by atoms with E-state index in [4.69, 9.17) is 5.73 Å². The summed E-state index contributed by atoms with van der Waals surface area (Å²) in [5.74, 6) is -2.85. The second-order valence-corrected chi connectivity index (χ2v) is 4.47. The number of nitrogens with two attached hydrogens (primary N) is 1. The summed E-state index contributed by atoms with van der Waals surface area (Å²) in [7, 11) is 0. The first-order valence-electron chi connectivity index (χ1n) is 5.67. The predicted molar refractivity (Wildman–Crippen MR) is 66.1 cm³/mol. The number of nitrogens with zero attached hydrogens (tertiary/aromatic N) is 1. The molecule has 2 N–H and O–H groups in total. The second kappa shape index (κ2) is 6.41. The van der Waals surface area contributed by atoms with Gasteiger partial charge in [0.05, 0.1) is 0 Å². The molecule has 1 aliphatic rings. The molecule has 0 saturated carbocycles. The van der Waals surface area contributed by atoms with Crippen LogP contribution >= 0.6 is 12.4 Å². The molecule has 0 radical (unpaired) electrons. The molecular formula is C12H16ClF3N2. The maximum atomic E-state index is 13.4. The first-order valence-corrected chi connectivity index (χ1v) is 5.67. The van der Waals surface area contributed by atoms with E-state index in [0.717, 1.165) is 32.0 Å². The third-order valence-corrected chi connectivity index (χ3v) is 3.12. The van der Waals surface area contributed by atoms with Crippen LogP contribution in [-0.4, -0.2) is 24.0 Å². The molecule has 0 aliphatic carbocycles. The molecule has 0 spiro atoms. The van der Waals surface area contributed by atoms with Gasteiger partial charge in [0, 0.05) is 24.2 Å². The van der Waals surface area contributed by atoms with Gasteiger partial charge in [-0.2, -0.15) is 0 Å². The van der Waals surface area contributed by atoms with Crippen molar-refractivity contribution in [1.29, 1.82) is 0 Å². The quantitative estimate of drug-likeness (QED) is 0.843. The van der Waals surface area contributed by atoms with Crippen LogP contribution in [0.5, 0.6) is 0 Å². The molecule has 0 unspecified atom stereocenters. The van der Waals surface area contributed by atoms with Gasteiger partial charge in [0.1, 0.15) is 5.82 Å². The van der Waals surface area contributed by atoms with Crippen molar-refractivity contribution in [2.75, 3.05) is 13.1 Å². The SMILES string of the molecule is Cl.NC1CCN(Cc2cc(F)c(F)cc2F)CC1. The minimum Gasteiger partial charge on any atom is -0.328 e. The van der Waals surface area contributed by atoms with Crippen LogP contribution in [0.2, 0.25) is 0 Å². The van der Waals surface area contributed by atoms with Gasteiger partial charge in [0.25, 0.3) is 0 Å². The van der Waals surface area contributed by atoms with Gasteiger partial charge in [-0.25, -0.2) is 13.2 Å². The van der Waals surface area contributed by atoms with E-state index in [-0.39, 0.29) is 24.0 Å². The van der Waals surface area contributed by atoms with Gasteiger partial charge in [0.2, 0.25) is 0 Å². The van der Waals surface area contributed by atoms with Gasteiger partial charge in [-0.15, -0.1) is 12.4 Å². The van der Waals surface area contributed by atoms with Gasteiger partial charge < -0.3 is 5.73 Å². The van der Waals surface area contributed by atoms with Gasteiger partial charge in [-0.3, -0.25) is 4.90 Å². The molecule has 18 heavy (non-hydrogen) atoms. The Bertz CT molecular complexity index is 407. The summed E-state index contributed by atoms with van der Waals surface area (Å²) in [6, 6.07) is 1.72. The second-order valence-electron chi connectivity index (χ2n) is 4.47. The molecule has 0 bridgehead atoms. The Kier molecular flexibility index (Phi) is 5.44. The molecule has 1 saturated heterocycles. The van der Waals surface area contributed by atoms with Crippen molar-refractivity contribution < 1.29 is 13.2 Å². The van der Waals surface area contributed by atoms with E-state index in [1.165, 1.54) is 0 Å². The van der Waals surface area contributed by atoms with Crippen molar-refractivity contribution in [3.8, 4) is 0 Å².